The molecule has 1 unspecified atom stereocenters. The number of amides is 1. The number of aromatic nitrogens is 4. The first kappa shape index (κ1) is 26.8. The van der Waals surface area contributed by atoms with Gasteiger partial charge in [0.25, 0.3) is 0 Å². The zero-order valence-electron chi connectivity index (χ0n) is 20.3. The van der Waals surface area contributed by atoms with E-state index in [1.165, 1.54) is 17.1 Å². The lowest BCUT2D eigenvalue weighted by molar-refractivity contribution is -0.117. The smallest absolute Gasteiger partial charge is 0.335 e. The molecule has 11 heteroatoms. The van der Waals surface area contributed by atoms with E-state index in [2.05, 4.69) is 31.1 Å². The molecule has 2 aromatic carbocycles. The summed E-state index contributed by atoms with van der Waals surface area (Å²) in [5.74, 6) is -1.21. The van der Waals surface area contributed by atoms with Gasteiger partial charge in [0, 0.05) is 34.9 Å². The van der Waals surface area contributed by atoms with E-state index in [0.29, 0.717) is 22.8 Å². The molecule has 1 atom stereocenters. The molecule has 0 saturated heterocycles. The number of benzene rings is 2. The van der Waals surface area contributed by atoms with Crippen molar-refractivity contribution in [3.8, 4) is 5.69 Å². The van der Waals surface area contributed by atoms with Crippen LogP contribution in [-0.4, -0.2) is 75.3 Å². The number of hydrogen-bond acceptors (Lipinski definition) is 7. The molecule has 3 rings (SSSR count). The summed E-state index contributed by atoms with van der Waals surface area (Å²) < 4.78 is 1.50. The second-order valence-corrected chi connectivity index (χ2v) is 9.00. The van der Waals surface area contributed by atoms with Gasteiger partial charge < -0.3 is 20.6 Å². The number of tetrazole rings is 1. The minimum atomic E-state index is -0.970. The summed E-state index contributed by atoms with van der Waals surface area (Å²) in [5, 5.41) is 27.2. The quantitative estimate of drug-likeness (QED) is 0.235. The normalized spacial score (nSPS) is 12.1. The number of carboxylic acids is 1. The fourth-order valence-corrected chi connectivity index (χ4v) is 3.75. The molecule has 3 N–H and O–H groups in total. The standard InChI is InChI=1S/C25H30ClN7O3/c1-32(2)14-4-3-5-22(16-27-21-10-6-18(7-11-21)25(35)36)29-24(34)13-8-19-15-20(26)9-12-23(19)33-17-28-30-31-33/h6-13,15,17,22,27H,3-5,14,16H2,1-2H3,(H,29,34)(H,35,36)/b13-8+. The molecular formula is C25H30ClN7O3. The molecule has 1 heterocycles. The number of aromatic carboxylic acids is 1. The van der Waals surface area contributed by atoms with Gasteiger partial charge in [-0.05, 0) is 92.4 Å². The molecule has 0 aliphatic heterocycles. The van der Waals surface area contributed by atoms with Crippen LogP contribution >= 0.6 is 11.6 Å². The van der Waals surface area contributed by atoms with Crippen molar-refractivity contribution >= 4 is 35.2 Å². The largest absolute Gasteiger partial charge is 0.478 e. The number of rotatable bonds is 13. The Kier molecular flexibility index (Phi) is 9.96. The third-order valence-corrected chi connectivity index (χ3v) is 5.67. The third-order valence-electron chi connectivity index (χ3n) is 5.44. The summed E-state index contributed by atoms with van der Waals surface area (Å²) in [6, 6.07) is 11.7. The van der Waals surface area contributed by atoms with Gasteiger partial charge >= 0.3 is 5.97 Å². The number of carboxylic acid groups (broad SMARTS) is 1. The molecule has 36 heavy (non-hydrogen) atoms. The SMILES string of the molecule is CN(C)CCCCC(CNc1ccc(C(=O)O)cc1)NC(=O)/C=C/c1cc(Cl)ccc1-n1cnnn1. The Hall–Kier alpha value is -3.76. The lowest BCUT2D eigenvalue weighted by Crippen LogP contribution is -2.39. The average Bonchev–Trinajstić information content (AvgIpc) is 3.38. The van der Waals surface area contributed by atoms with Crippen LogP contribution in [0.15, 0.2) is 54.9 Å². The van der Waals surface area contributed by atoms with Crippen molar-refractivity contribution in [2.45, 2.75) is 25.3 Å². The Balaban J connectivity index is 1.65. The second kappa shape index (κ2) is 13.4. The second-order valence-electron chi connectivity index (χ2n) is 8.56. The molecule has 0 spiro atoms. The third kappa shape index (κ3) is 8.47. The minimum Gasteiger partial charge on any atom is -0.478 e. The topological polar surface area (TPSA) is 125 Å². The fourth-order valence-electron chi connectivity index (χ4n) is 3.57. The van der Waals surface area contributed by atoms with Crippen LogP contribution in [0.25, 0.3) is 11.8 Å². The van der Waals surface area contributed by atoms with Crippen LogP contribution < -0.4 is 10.6 Å². The maximum Gasteiger partial charge on any atom is 0.335 e. The highest BCUT2D eigenvalue weighted by Crippen LogP contribution is 2.20. The van der Waals surface area contributed by atoms with Gasteiger partial charge in [-0.25, -0.2) is 4.79 Å². The van der Waals surface area contributed by atoms with E-state index >= 15 is 0 Å². The van der Waals surface area contributed by atoms with Crippen LogP contribution in [0.1, 0.15) is 35.2 Å². The lowest BCUT2D eigenvalue weighted by Gasteiger charge is -2.20. The Labute approximate surface area is 214 Å². The first-order valence-electron chi connectivity index (χ1n) is 11.6. The Morgan fingerprint density at radius 2 is 1.94 bits per heavy atom. The maximum atomic E-state index is 12.8. The molecular weight excluding hydrogens is 482 g/mol. The van der Waals surface area contributed by atoms with E-state index in [-0.39, 0.29) is 17.5 Å². The summed E-state index contributed by atoms with van der Waals surface area (Å²) in [6.07, 6.45) is 7.37. The summed E-state index contributed by atoms with van der Waals surface area (Å²) in [6.45, 7) is 1.47. The van der Waals surface area contributed by atoms with E-state index in [0.717, 1.165) is 31.5 Å². The molecule has 0 radical (unpaired) electrons. The van der Waals surface area contributed by atoms with Crippen molar-refractivity contribution in [2.24, 2.45) is 0 Å². The Morgan fingerprint density at radius 1 is 1.17 bits per heavy atom. The number of nitrogens with one attached hydrogen (secondary N) is 2. The van der Waals surface area contributed by atoms with E-state index in [1.54, 1.807) is 48.5 Å². The predicted molar refractivity (Wildman–Crippen MR) is 139 cm³/mol. The first-order valence-corrected chi connectivity index (χ1v) is 11.9. The van der Waals surface area contributed by atoms with E-state index in [9.17, 15) is 9.59 Å². The molecule has 0 fully saturated rings. The van der Waals surface area contributed by atoms with Gasteiger partial charge in [0.05, 0.1) is 11.3 Å². The number of anilines is 1. The van der Waals surface area contributed by atoms with Crippen molar-refractivity contribution in [2.75, 3.05) is 32.5 Å². The molecule has 10 nitrogen and oxygen atoms in total. The van der Waals surface area contributed by atoms with Crippen LogP contribution in [0.4, 0.5) is 5.69 Å². The van der Waals surface area contributed by atoms with E-state index < -0.39 is 5.97 Å². The molecule has 190 valence electrons. The molecule has 0 aliphatic carbocycles. The Morgan fingerprint density at radius 3 is 2.61 bits per heavy atom. The average molecular weight is 512 g/mol. The van der Waals surface area contributed by atoms with Gasteiger partial charge in [-0.3, -0.25) is 4.79 Å². The van der Waals surface area contributed by atoms with Crippen molar-refractivity contribution in [1.29, 1.82) is 0 Å². The number of unbranched alkanes of at least 4 members (excludes halogenated alkanes) is 1. The summed E-state index contributed by atoms with van der Waals surface area (Å²) >= 11 is 6.16. The van der Waals surface area contributed by atoms with Crippen molar-refractivity contribution < 1.29 is 14.7 Å². The monoisotopic (exact) mass is 511 g/mol. The lowest BCUT2D eigenvalue weighted by atomic mass is 10.1. The number of nitrogens with zero attached hydrogens (tertiary/aromatic N) is 5. The van der Waals surface area contributed by atoms with Gasteiger partial charge in [-0.1, -0.05) is 18.0 Å². The van der Waals surface area contributed by atoms with Crippen LogP contribution in [0.2, 0.25) is 5.02 Å². The summed E-state index contributed by atoms with van der Waals surface area (Å²) in [5.41, 5.74) is 2.40. The van der Waals surface area contributed by atoms with Crippen LogP contribution in [0.3, 0.4) is 0 Å². The van der Waals surface area contributed by atoms with E-state index in [1.807, 2.05) is 14.1 Å². The highest BCUT2D eigenvalue weighted by Gasteiger charge is 2.12. The van der Waals surface area contributed by atoms with Crippen molar-refractivity contribution in [3.63, 3.8) is 0 Å². The zero-order chi connectivity index (χ0) is 25.9. The molecule has 0 saturated carbocycles. The minimum absolute atomic E-state index is 0.123. The molecule has 1 amide bonds. The van der Waals surface area contributed by atoms with Crippen molar-refractivity contribution in [3.05, 3.63) is 71.0 Å². The number of carbonyl (C=O) groups excluding carboxylic acids is 1. The van der Waals surface area contributed by atoms with Gasteiger partial charge in [0.15, 0.2) is 0 Å². The van der Waals surface area contributed by atoms with Crippen molar-refractivity contribution in [1.82, 2.24) is 30.4 Å². The van der Waals surface area contributed by atoms with Gasteiger partial charge in [0.2, 0.25) is 5.91 Å². The maximum absolute atomic E-state index is 12.8. The summed E-state index contributed by atoms with van der Waals surface area (Å²) in [4.78, 5) is 26.0. The fraction of sp³-hybridized carbons (Fsp3) is 0.320. The van der Waals surface area contributed by atoms with Gasteiger partial charge in [0.1, 0.15) is 6.33 Å². The number of carbonyl (C=O) groups is 2. The number of halogens is 1. The van der Waals surface area contributed by atoms with Gasteiger partial charge in [-0.2, -0.15) is 4.68 Å². The molecule has 0 aliphatic rings. The van der Waals surface area contributed by atoms with E-state index in [4.69, 9.17) is 16.7 Å². The Bertz CT molecular complexity index is 1160. The summed E-state index contributed by atoms with van der Waals surface area (Å²) in [7, 11) is 4.07. The van der Waals surface area contributed by atoms with Crippen LogP contribution in [-0.2, 0) is 4.79 Å². The van der Waals surface area contributed by atoms with Crippen LogP contribution in [0.5, 0.6) is 0 Å². The molecule has 0 bridgehead atoms. The first-order chi connectivity index (χ1) is 17.3. The molecule has 3 aromatic rings. The highest BCUT2D eigenvalue weighted by atomic mass is 35.5. The number of hydrogen-bond donors (Lipinski definition) is 3. The van der Waals surface area contributed by atoms with Gasteiger partial charge in [-0.15, -0.1) is 5.10 Å². The predicted octanol–water partition coefficient (Wildman–Crippen LogP) is 3.36. The highest BCUT2D eigenvalue weighted by molar-refractivity contribution is 6.30. The van der Waals surface area contributed by atoms with Crippen LogP contribution in [0, 0.1) is 0 Å². The molecule has 1 aromatic heterocycles. The zero-order valence-corrected chi connectivity index (χ0v) is 21.0.